The summed E-state index contributed by atoms with van der Waals surface area (Å²) in [5.41, 5.74) is 0. The fourth-order valence-electron chi connectivity index (χ4n) is 8.63. The van der Waals surface area contributed by atoms with E-state index >= 15 is 0 Å². The predicted molar refractivity (Wildman–Crippen MR) is 275 cm³/mol. The second kappa shape index (κ2) is 51.8. The standard InChI is InChI=1S/C55H108O5S.O2/c1-8-13-18-23-29-36-43-50(41-34-21-16-11-4)54(56)59-52(45-38-31-25-20-15-10-3)53(46-39-32-27-26-28-33-40-47-61-58-48-49(6)7)60-55(57)51(42-35-22-17-12-5)44-37-30-24-19-14-9-2;1-2/h49-53H,8-48H2,1-7H3;/t50?,51?,52-,53+;/m0./s1. The van der Waals surface area contributed by atoms with Crippen LogP contribution in [0.3, 0.4) is 0 Å². The van der Waals surface area contributed by atoms with Crippen LogP contribution in [0.25, 0.3) is 0 Å². The maximum absolute atomic E-state index is 14.4. The maximum atomic E-state index is 14.4. The molecule has 0 radical (unpaired) electrons. The molecule has 0 rings (SSSR count). The maximum Gasteiger partial charge on any atom is 0.309 e. The quantitative estimate of drug-likeness (QED) is 0.0338. The van der Waals surface area contributed by atoms with Crippen LogP contribution in [-0.4, -0.2) is 36.5 Å². The number of esters is 2. The van der Waals surface area contributed by atoms with E-state index in [1.165, 1.54) is 161 Å². The van der Waals surface area contributed by atoms with Crippen molar-refractivity contribution in [3.8, 4) is 0 Å². The first kappa shape index (κ1) is 63.9. The van der Waals surface area contributed by atoms with E-state index in [0.717, 1.165) is 102 Å². The molecule has 7 nitrogen and oxygen atoms in total. The lowest BCUT2D eigenvalue weighted by Gasteiger charge is -2.30. The van der Waals surface area contributed by atoms with Crippen molar-refractivity contribution >= 4 is 24.0 Å². The minimum absolute atomic E-state index is 0.0157. The first-order valence-electron chi connectivity index (χ1n) is 27.7. The number of hydrogen-bond donors (Lipinski definition) is 0. The van der Waals surface area contributed by atoms with Gasteiger partial charge in [-0.15, -0.1) is 0 Å². The highest BCUT2D eigenvalue weighted by atomic mass is 32.2. The molecular formula is C55H108O7S. The van der Waals surface area contributed by atoms with E-state index in [4.69, 9.17) is 23.6 Å². The third kappa shape index (κ3) is 43.2. The molecule has 63 heavy (non-hydrogen) atoms. The van der Waals surface area contributed by atoms with Crippen molar-refractivity contribution in [2.24, 2.45) is 17.8 Å². The van der Waals surface area contributed by atoms with Gasteiger partial charge in [0.2, 0.25) is 0 Å². The number of ether oxygens (including phenoxy) is 2. The minimum atomic E-state index is -0.354. The van der Waals surface area contributed by atoms with Crippen molar-refractivity contribution in [2.45, 2.75) is 311 Å². The van der Waals surface area contributed by atoms with Crippen molar-refractivity contribution < 1.29 is 23.2 Å². The molecule has 0 aromatic heterocycles. The molecule has 0 aliphatic heterocycles. The second-order valence-electron chi connectivity index (χ2n) is 19.5. The molecule has 0 spiro atoms. The first-order chi connectivity index (χ1) is 30.8. The Morgan fingerprint density at radius 1 is 0.365 bits per heavy atom. The van der Waals surface area contributed by atoms with Crippen LogP contribution in [0.2, 0.25) is 0 Å². The third-order valence-electron chi connectivity index (χ3n) is 12.8. The Labute approximate surface area is 396 Å². The molecule has 0 amide bonds. The molecule has 376 valence electrons. The highest BCUT2D eigenvalue weighted by Gasteiger charge is 2.33. The molecule has 8 heteroatoms. The molecule has 0 aromatic carbocycles. The lowest BCUT2D eigenvalue weighted by Crippen LogP contribution is -2.38. The molecule has 0 aromatic rings. The largest absolute Gasteiger partial charge is 0.458 e. The summed E-state index contributed by atoms with van der Waals surface area (Å²) < 4.78 is 19.1. The summed E-state index contributed by atoms with van der Waals surface area (Å²) in [6.07, 6.45) is 44.3. The van der Waals surface area contributed by atoms with Gasteiger partial charge in [0, 0.05) is 15.7 Å². The Balaban J connectivity index is 0. The van der Waals surface area contributed by atoms with Gasteiger partial charge in [-0.25, -0.2) is 0 Å². The van der Waals surface area contributed by atoms with Crippen LogP contribution in [-0.2, 0) is 23.2 Å². The number of hydrogen-bond acceptors (Lipinski definition) is 8. The zero-order valence-electron chi connectivity index (χ0n) is 43.1. The van der Waals surface area contributed by atoms with Crippen LogP contribution >= 0.6 is 12.0 Å². The predicted octanol–water partition coefficient (Wildman–Crippen LogP) is 18.7. The van der Waals surface area contributed by atoms with Gasteiger partial charge in [-0.1, -0.05) is 241 Å². The summed E-state index contributed by atoms with van der Waals surface area (Å²) in [4.78, 5) is 42.7. The van der Waals surface area contributed by atoms with E-state index in [-0.39, 0.29) is 36.0 Å². The average molecular weight is 914 g/mol. The number of unbranched alkanes of at least 4 members (excludes halogenated alkanes) is 27. The fraction of sp³-hybridized carbons (Fsp3) is 0.964. The second-order valence-corrected chi connectivity index (χ2v) is 20.4. The highest BCUT2D eigenvalue weighted by Crippen LogP contribution is 2.28. The Bertz CT molecular complexity index is 933. The summed E-state index contributed by atoms with van der Waals surface area (Å²) in [6.45, 7) is 16.5. The summed E-state index contributed by atoms with van der Waals surface area (Å²) >= 11 is 1.63. The van der Waals surface area contributed by atoms with Crippen LogP contribution in [0.5, 0.6) is 0 Å². The van der Waals surface area contributed by atoms with Crippen LogP contribution in [0.1, 0.15) is 299 Å². The van der Waals surface area contributed by atoms with Crippen molar-refractivity contribution in [1.82, 2.24) is 0 Å². The van der Waals surface area contributed by atoms with Crippen LogP contribution in [0.15, 0.2) is 0 Å². The lowest BCUT2D eigenvalue weighted by molar-refractivity contribution is -0.175. The molecule has 0 fully saturated rings. The minimum Gasteiger partial charge on any atom is -0.458 e. The van der Waals surface area contributed by atoms with Gasteiger partial charge in [-0.05, 0) is 75.7 Å². The molecule has 0 bridgehead atoms. The van der Waals surface area contributed by atoms with Crippen LogP contribution < -0.4 is 0 Å². The Kier molecular flexibility index (Phi) is 52.6. The van der Waals surface area contributed by atoms with Gasteiger partial charge in [0.25, 0.3) is 0 Å². The Morgan fingerprint density at radius 3 is 0.921 bits per heavy atom. The summed E-state index contributed by atoms with van der Waals surface area (Å²) in [6, 6.07) is 0. The van der Waals surface area contributed by atoms with Gasteiger partial charge in [-0.3, -0.25) is 9.59 Å². The first-order valence-corrected chi connectivity index (χ1v) is 28.6. The Hall–Kier alpha value is -1.15. The van der Waals surface area contributed by atoms with Crippen LogP contribution in [0, 0.1) is 27.7 Å². The van der Waals surface area contributed by atoms with E-state index in [1.54, 1.807) is 12.0 Å². The molecule has 0 aliphatic rings. The Morgan fingerprint density at radius 2 is 0.619 bits per heavy atom. The monoisotopic (exact) mass is 913 g/mol. The van der Waals surface area contributed by atoms with Gasteiger partial charge in [0.05, 0.1) is 18.4 Å². The van der Waals surface area contributed by atoms with E-state index in [1.807, 2.05) is 0 Å². The molecular weight excluding hydrogens is 805 g/mol. The van der Waals surface area contributed by atoms with Gasteiger partial charge in [-0.2, -0.15) is 0 Å². The number of rotatable bonds is 49. The molecule has 0 heterocycles. The van der Waals surface area contributed by atoms with Crippen molar-refractivity contribution in [3.05, 3.63) is 9.93 Å². The fourth-order valence-corrected chi connectivity index (χ4v) is 9.44. The molecule has 4 atom stereocenters. The lowest BCUT2D eigenvalue weighted by atomic mass is 9.93. The highest BCUT2D eigenvalue weighted by molar-refractivity contribution is 7.94. The number of carbonyl (C=O) groups is 2. The zero-order valence-corrected chi connectivity index (χ0v) is 44.0. The smallest absolute Gasteiger partial charge is 0.309 e. The van der Waals surface area contributed by atoms with Gasteiger partial charge in [0.1, 0.15) is 12.2 Å². The average Bonchev–Trinajstić information content (AvgIpc) is 3.28. The summed E-state index contributed by atoms with van der Waals surface area (Å²) in [5, 5.41) is 0. The van der Waals surface area contributed by atoms with E-state index in [2.05, 4.69) is 48.5 Å². The van der Waals surface area contributed by atoms with Gasteiger partial charge in [0.15, 0.2) is 0 Å². The van der Waals surface area contributed by atoms with E-state index in [9.17, 15) is 9.59 Å². The molecule has 0 N–H and O–H groups in total. The van der Waals surface area contributed by atoms with Crippen molar-refractivity contribution in [1.29, 1.82) is 0 Å². The van der Waals surface area contributed by atoms with Crippen molar-refractivity contribution in [2.75, 3.05) is 12.4 Å². The zero-order chi connectivity index (χ0) is 46.9. The molecule has 2 unspecified atom stereocenters. The van der Waals surface area contributed by atoms with Gasteiger partial charge >= 0.3 is 11.9 Å². The molecule has 0 aliphatic carbocycles. The normalized spacial score (nSPS) is 13.3. The van der Waals surface area contributed by atoms with Crippen molar-refractivity contribution in [3.63, 3.8) is 0 Å². The van der Waals surface area contributed by atoms with E-state index < -0.39 is 0 Å². The van der Waals surface area contributed by atoms with Gasteiger partial charge < -0.3 is 13.7 Å². The third-order valence-corrected chi connectivity index (χ3v) is 13.5. The SMILES string of the molecule is CCCCCCCCC(CCCCCC)C(=O)O[C@@H](CCCCCCCC)[C@@H](CCCCCCCCCSOCC(C)C)OC(=O)C(CCCCCC)CCCCCCCC.O=O. The van der Waals surface area contributed by atoms with Crippen LogP contribution in [0.4, 0.5) is 0 Å². The molecule has 0 saturated heterocycles. The summed E-state index contributed by atoms with van der Waals surface area (Å²) in [7, 11) is 0. The molecule has 0 saturated carbocycles. The summed E-state index contributed by atoms with van der Waals surface area (Å²) in [5.74, 6) is 1.53. The number of carbonyl (C=O) groups excluding carboxylic acids is 2. The van der Waals surface area contributed by atoms with E-state index in [0.29, 0.717) is 5.92 Å². The topological polar surface area (TPSA) is 96.0 Å².